The fourth-order valence-electron chi connectivity index (χ4n) is 4.25. The van der Waals surface area contributed by atoms with E-state index in [2.05, 4.69) is 5.32 Å². The third kappa shape index (κ3) is 6.98. The topological polar surface area (TPSA) is 86.8 Å². The molecule has 0 fully saturated rings. The molecule has 0 aliphatic rings. The van der Waals surface area contributed by atoms with Crippen LogP contribution in [-0.4, -0.2) is 44.3 Å². The van der Waals surface area contributed by atoms with Gasteiger partial charge >= 0.3 is 0 Å². The van der Waals surface area contributed by atoms with Crippen LogP contribution in [0.1, 0.15) is 37.0 Å². The van der Waals surface area contributed by atoms with Gasteiger partial charge in [-0.1, -0.05) is 67.1 Å². The minimum atomic E-state index is -4.06. The molecule has 3 aromatic carbocycles. The van der Waals surface area contributed by atoms with Gasteiger partial charge in [-0.25, -0.2) is 8.42 Å². The molecule has 0 aromatic heterocycles. The lowest BCUT2D eigenvalue weighted by atomic mass is 10.1. The Balaban J connectivity index is 2.05. The molecule has 1 atom stereocenters. The van der Waals surface area contributed by atoms with Crippen molar-refractivity contribution in [2.24, 2.45) is 0 Å². The first-order valence-corrected chi connectivity index (χ1v) is 13.9. The Morgan fingerprint density at radius 2 is 1.51 bits per heavy atom. The third-order valence-electron chi connectivity index (χ3n) is 6.07. The molecule has 0 bridgehead atoms. The molecule has 0 saturated heterocycles. The van der Waals surface area contributed by atoms with Gasteiger partial charge in [-0.3, -0.25) is 13.9 Å². The summed E-state index contributed by atoms with van der Waals surface area (Å²) in [6.07, 6.45) is 0.388. The van der Waals surface area contributed by atoms with Gasteiger partial charge in [0, 0.05) is 13.1 Å². The van der Waals surface area contributed by atoms with Gasteiger partial charge in [-0.05, 0) is 62.6 Å². The van der Waals surface area contributed by atoms with Crippen LogP contribution in [0.3, 0.4) is 0 Å². The summed E-state index contributed by atoms with van der Waals surface area (Å²) in [4.78, 5) is 28.5. The van der Waals surface area contributed by atoms with Crippen LogP contribution >= 0.6 is 0 Å². The van der Waals surface area contributed by atoms with Crippen molar-refractivity contribution in [2.45, 2.75) is 51.6 Å². The van der Waals surface area contributed by atoms with E-state index in [0.29, 0.717) is 18.7 Å². The average Bonchev–Trinajstić information content (AvgIpc) is 2.87. The number of carbonyl (C=O) groups excluding carboxylic acids is 2. The Bertz CT molecular complexity index is 1330. The minimum absolute atomic E-state index is 0.0882. The number of hydrogen-bond donors (Lipinski definition) is 1. The predicted octanol–water partition coefficient (Wildman–Crippen LogP) is 4.44. The van der Waals surface area contributed by atoms with E-state index in [0.717, 1.165) is 21.0 Å². The molecule has 2 amide bonds. The van der Waals surface area contributed by atoms with Gasteiger partial charge in [0.05, 0.1) is 10.6 Å². The zero-order valence-electron chi connectivity index (χ0n) is 21.8. The van der Waals surface area contributed by atoms with Gasteiger partial charge in [0.25, 0.3) is 10.0 Å². The first-order chi connectivity index (χ1) is 17.7. The monoisotopic (exact) mass is 521 g/mol. The largest absolute Gasteiger partial charge is 0.355 e. The van der Waals surface area contributed by atoms with Crippen LogP contribution in [0.25, 0.3) is 0 Å². The van der Waals surface area contributed by atoms with Gasteiger partial charge in [-0.2, -0.15) is 0 Å². The number of benzene rings is 3. The van der Waals surface area contributed by atoms with Crippen LogP contribution in [0.15, 0.2) is 83.8 Å². The molecule has 0 aliphatic heterocycles. The number of nitrogens with one attached hydrogen (secondary N) is 1. The lowest BCUT2D eigenvalue weighted by Crippen LogP contribution is -2.52. The van der Waals surface area contributed by atoms with E-state index >= 15 is 0 Å². The summed E-state index contributed by atoms with van der Waals surface area (Å²) >= 11 is 0. The van der Waals surface area contributed by atoms with Crippen LogP contribution in [0, 0.1) is 13.8 Å². The van der Waals surface area contributed by atoms with E-state index in [9.17, 15) is 18.0 Å². The second kappa shape index (κ2) is 12.5. The number of nitrogens with zero attached hydrogens (tertiary/aromatic N) is 2. The maximum absolute atomic E-state index is 13.9. The summed E-state index contributed by atoms with van der Waals surface area (Å²) in [6.45, 7) is 7.66. The van der Waals surface area contributed by atoms with E-state index in [1.54, 1.807) is 36.4 Å². The Morgan fingerprint density at radius 3 is 2.11 bits per heavy atom. The summed E-state index contributed by atoms with van der Waals surface area (Å²) in [6, 6.07) is 22.1. The van der Waals surface area contributed by atoms with Crippen molar-refractivity contribution >= 4 is 27.5 Å². The molecular weight excluding hydrogens is 486 g/mol. The second-order valence-electron chi connectivity index (χ2n) is 8.99. The summed E-state index contributed by atoms with van der Waals surface area (Å²) in [5, 5.41) is 2.81. The molecule has 1 N–H and O–H groups in total. The van der Waals surface area contributed by atoms with Crippen molar-refractivity contribution in [3.8, 4) is 0 Å². The normalized spacial score (nSPS) is 12.0. The molecule has 37 heavy (non-hydrogen) atoms. The van der Waals surface area contributed by atoms with E-state index in [1.807, 2.05) is 58.0 Å². The average molecular weight is 522 g/mol. The van der Waals surface area contributed by atoms with E-state index < -0.39 is 28.5 Å². The van der Waals surface area contributed by atoms with Crippen LogP contribution in [-0.2, 0) is 26.2 Å². The predicted molar refractivity (Wildman–Crippen MR) is 147 cm³/mol. The highest BCUT2D eigenvalue weighted by atomic mass is 32.2. The number of sulfonamides is 1. The van der Waals surface area contributed by atoms with Gasteiger partial charge in [0.2, 0.25) is 11.8 Å². The highest BCUT2D eigenvalue weighted by molar-refractivity contribution is 7.92. The van der Waals surface area contributed by atoms with Crippen LogP contribution in [0.2, 0.25) is 0 Å². The molecule has 3 aromatic rings. The SMILES string of the molecule is CCNC(=O)C(CC)N(Cc1cccc(C)c1)C(=O)CN(c1cccc(C)c1)S(=O)(=O)c1ccccc1. The van der Waals surface area contributed by atoms with Crippen molar-refractivity contribution < 1.29 is 18.0 Å². The highest BCUT2D eigenvalue weighted by Crippen LogP contribution is 2.25. The number of amides is 2. The maximum atomic E-state index is 13.9. The van der Waals surface area contributed by atoms with E-state index in [-0.39, 0.29) is 17.3 Å². The lowest BCUT2D eigenvalue weighted by molar-refractivity contribution is -0.140. The number of rotatable bonds is 11. The first-order valence-electron chi connectivity index (χ1n) is 12.4. The Morgan fingerprint density at radius 1 is 0.865 bits per heavy atom. The Labute approximate surface area is 220 Å². The van der Waals surface area contributed by atoms with E-state index in [4.69, 9.17) is 0 Å². The van der Waals surface area contributed by atoms with Gasteiger partial charge in [0.15, 0.2) is 0 Å². The van der Waals surface area contributed by atoms with Crippen molar-refractivity contribution in [3.05, 3.63) is 95.6 Å². The number of hydrogen-bond acceptors (Lipinski definition) is 4. The fourth-order valence-corrected chi connectivity index (χ4v) is 5.68. The summed E-state index contributed by atoms with van der Waals surface area (Å²) in [7, 11) is -4.06. The zero-order valence-corrected chi connectivity index (χ0v) is 22.7. The number of anilines is 1. The fraction of sp³-hybridized carbons (Fsp3) is 0.310. The van der Waals surface area contributed by atoms with Crippen LogP contribution < -0.4 is 9.62 Å². The summed E-state index contributed by atoms with van der Waals surface area (Å²) < 4.78 is 28.6. The molecule has 0 spiro atoms. The molecule has 7 nitrogen and oxygen atoms in total. The number of carbonyl (C=O) groups is 2. The molecule has 0 radical (unpaired) electrons. The zero-order chi connectivity index (χ0) is 27.0. The van der Waals surface area contributed by atoms with Crippen molar-refractivity contribution in [1.82, 2.24) is 10.2 Å². The number of likely N-dealkylation sites (N-methyl/N-ethyl adjacent to an activating group) is 1. The standard InChI is InChI=1S/C29H35N3O4S/c1-5-27(29(34)30-6-2)31(20-24-14-10-12-22(3)18-24)28(33)21-32(25-15-11-13-23(4)19-25)37(35,36)26-16-8-7-9-17-26/h7-19,27H,5-6,20-21H2,1-4H3,(H,30,34). The van der Waals surface area contributed by atoms with E-state index in [1.165, 1.54) is 17.0 Å². The smallest absolute Gasteiger partial charge is 0.264 e. The summed E-state index contributed by atoms with van der Waals surface area (Å²) in [5.41, 5.74) is 3.15. The van der Waals surface area contributed by atoms with Gasteiger partial charge in [0.1, 0.15) is 12.6 Å². The molecule has 1 unspecified atom stereocenters. The number of aryl methyl sites for hydroxylation is 2. The Kier molecular flexibility index (Phi) is 9.47. The van der Waals surface area contributed by atoms with Crippen molar-refractivity contribution in [2.75, 3.05) is 17.4 Å². The van der Waals surface area contributed by atoms with Gasteiger partial charge in [-0.15, -0.1) is 0 Å². The van der Waals surface area contributed by atoms with Crippen molar-refractivity contribution in [1.29, 1.82) is 0 Å². The lowest BCUT2D eigenvalue weighted by Gasteiger charge is -2.33. The molecule has 0 aliphatic carbocycles. The second-order valence-corrected chi connectivity index (χ2v) is 10.9. The Hall–Kier alpha value is -3.65. The van der Waals surface area contributed by atoms with Crippen LogP contribution in [0.5, 0.6) is 0 Å². The minimum Gasteiger partial charge on any atom is -0.355 e. The van der Waals surface area contributed by atoms with Gasteiger partial charge < -0.3 is 10.2 Å². The van der Waals surface area contributed by atoms with Crippen molar-refractivity contribution in [3.63, 3.8) is 0 Å². The first kappa shape index (κ1) is 27.9. The summed E-state index contributed by atoms with van der Waals surface area (Å²) in [5.74, 6) is -0.723. The molecule has 8 heteroatoms. The molecule has 0 heterocycles. The molecule has 3 rings (SSSR count). The highest BCUT2D eigenvalue weighted by Gasteiger charge is 2.33. The quantitative estimate of drug-likeness (QED) is 0.404. The molecule has 196 valence electrons. The third-order valence-corrected chi connectivity index (χ3v) is 7.86. The molecule has 0 saturated carbocycles. The van der Waals surface area contributed by atoms with Crippen LogP contribution in [0.4, 0.5) is 5.69 Å². The molecular formula is C29H35N3O4S. The maximum Gasteiger partial charge on any atom is 0.264 e.